The molecular formula is C22H21F2N7O4. The van der Waals surface area contributed by atoms with Gasteiger partial charge in [-0.25, -0.2) is 18.3 Å². The lowest BCUT2D eigenvalue weighted by Gasteiger charge is -2.19. The number of H-pyrrole nitrogens is 2. The Morgan fingerprint density at radius 3 is 2.71 bits per heavy atom. The van der Waals surface area contributed by atoms with Gasteiger partial charge in [0.25, 0.3) is 12.0 Å². The fraction of sp³-hybridized carbons (Fsp3) is 0.364. The molecule has 1 aliphatic carbocycles. The lowest BCUT2D eigenvalue weighted by atomic mass is 10.1. The molecule has 0 spiro atoms. The van der Waals surface area contributed by atoms with Crippen molar-refractivity contribution in [3.8, 4) is 17.1 Å². The number of alkyl halides is 2. The Balaban J connectivity index is 1.50. The van der Waals surface area contributed by atoms with Crippen LogP contribution < -0.4 is 16.0 Å². The zero-order valence-electron chi connectivity index (χ0n) is 18.7. The van der Waals surface area contributed by atoms with Crippen molar-refractivity contribution < 1.29 is 18.3 Å². The van der Waals surface area contributed by atoms with E-state index in [1.807, 2.05) is 6.92 Å². The van der Waals surface area contributed by atoms with Gasteiger partial charge in [0.2, 0.25) is 5.88 Å². The summed E-state index contributed by atoms with van der Waals surface area (Å²) in [5, 5.41) is 12.5. The average Bonchev–Trinajstić information content (AvgIpc) is 3.59. The van der Waals surface area contributed by atoms with Crippen LogP contribution in [0.25, 0.3) is 22.3 Å². The highest BCUT2D eigenvalue weighted by Crippen LogP contribution is 2.34. The molecule has 1 aliphatic rings. The predicted octanol–water partition coefficient (Wildman–Crippen LogP) is 2.43. The molecular weight excluding hydrogens is 464 g/mol. The summed E-state index contributed by atoms with van der Waals surface area (Å²) in [7, 11) is 1.56. The van der Waals surface area contributed by atoms with Crippen LogP contribution in [0.3, 0.4) is 0 Å². The molecule has 182 valence electrons. The molecule has 0 aromatic carbocycles. The topological polar surface area (TPSA) is 141 Å². The molecule has 4 aromatic heterocycles. The molecule has 13 heteroatoms. The van der Waals surface area contributed by atoms with Crippen LogP contribution in [0.15, 0.2) is 40.2 Å². The first-order valence-corrected chi connectivity index (χ1v) is 10.9. The van der Waals surface area contributed by atoms with E-state index < -0.39 is 23.8 Å². The molecule has 0 amide bonds. The van der Waals surface area contributed by atoms with Crippen LogP contribution in [0.4, 0.5) is 8.78 Å². The maximum atomic E-state index is 14.1. The first-order valence-electron chi connectivity index (χ1n) is 10.9. The van der Waals surface area contributed by atoms with E-state index in [-0.39, 0.29) is 45.9 Å². The first kappa shape index (κ1) is 22.8. The fourth-order valence-corrected chi connectivity index (χ4v) is 3.65. The molecule has 0 saturated heterocycles. The van der Waals surface area contributed by atoms with Crippen LogP contribution in [-0.2, 0) is 11.8 Å². The number of hydrogen-bond acceptors (Lipinski definition) is 8. The smallest absolute Gasteiger partial charge is 0.325 e. The molecule has 4 heterocycles. The first-order chi connectivity index (χ1) is 16.8. The van der Waals surface area contributed by atoms with Gasteiger partial charge >= 0.3 is 5.69 Å². The summed E-state index contributed by atoms with van der Waals surface area (Å²) in [6.07, 6.45) is -0.0793. The van der Waals surface area contributed by atoms with E-state index in [4.69, 9.17) is 9.47 Å². The Hall–Kier alpha value is -4.00. The number of aryl methyl sites for hydroxylation is 1. The van der Waals surface area contributed by atoms with Crippen molar-refractivity contribution >= 4 is 11.0 Å². The summed E-state index contributed by atoms with van der Waals surface area (Å²) >= 11 is 0. The van der Waals surface area contributed by atoms with Gasteiger partial charge in [-0.1, -0.05) is 0 Å². The summed E-state index contributed by atoms with van der Waals surface area (Å²) in [6.45, 7) is 1.83. The summed E-state index contributed by atoms with van der Waals surface area (Å²) in [6, 6.07) is 4.44. The van der Waals surface area contributed by atoms with E-state index in [2.05, 4.69) is 30.2 Å². The van der Waals surface area contributed by atoms with Gasteiger partial charge in [0.05, 0.1) is 28.9 Å². The molecule has 0 bridgehead atoms. The second-order valence-corrected chi connectivity index (χ2v) is 8.25. The highest BCUT2D eigenvalue weighted by Gasteiger charge is 2.30. The maximum absolute atomic E-state index is 14.1. The Labute approximate surface area is 196 Å². The Kier molecular flexibility index (Phi) is 5.84. The van der Waals surface area contributed by atoms with Gasteiger partial charge < -0.3 is 14.5 Å². The normalized spacial score (nSPS) is 15.5. The van der Waals surface area contributed by atoms with Gasteiger partial charge in [0, 0.05) is 25.0 Å². The molecule has 2 atom stereocenters. The number of rotatable bonds is 8. The molecule has 0 aliphatic heterocycles. The van der Waals surface area contributed by atoms with Crippen LogP contribution in [0, 0.1) is 0 Å². The molecule has 1 fully saturated rings. The molecule has 0 unspecified atom stereocenters. The van der Waals surface area contributed by atoms with Crippen molar-refractivity contribution in [2.45, 2.75) is 44.5 Å². The van der Waals surface area contributed by atoms with Crippen LogP contribution in [0.2, 0.25) is 0 Å². The van der Waals surface area contributed by atoms with Crippen molar-refractivity contribution in [1.82, 2.24) is 34.9 Å². The maximum Gasteiger partial charge on any atom is 0.325 e. The molecule has 0 radical (unpaired) electrons. The van der Waals surface area contributed by atoms with Gasteiger partial charge in [-0.15, -0.1) is 15.3 Å². The monoisotopic (exact) mass is 485 g/mol. The van der Waals surface area contributed by atoms with Crippen LogP contribution in [-0.4, -0.2) is 47.5 Å². The van der Waals surface area contributed by atoms with Crippen molar-refractivity contribution in [3.63, 3.8) is 0 Å². The van der Waals surface area contributed by atoms with Gasteiger partial charge in [-0.3, -0.25) is 14.8 Å². The van der Waals surface area contributed by atoms with Gasteiger partial charge in [0.1, 0.15) is 5.69 Å². The number of pyridine rings is 1. The third kappa shape index (κ3) is 4.67. The number of nitrogens with one attached hydrogen (secondary N) is 2. The lowest BCUT2D eigenvalue weighted by Crippen LogP contribution is -2.22. The Morgan fingerprint density at radius 1 is 1.20 bits per heavy atom. The standard InChI is InChI=1S/C22H21F2N7O4/c1-10(34-12-3-4-12)15-7-11(5-6-25-15)17(18(23)24)35-21-13-8-16(28-29-19(13)31(2)30-21)14-9-26-22(33)27-20(14)32/h5-10,12,17-18H,3-4H2,1-2H3,(H2,26,27,32,33)/t10-,17+/m0/s1. The van der Waals surface area contributed by atoms with E-state index in [0.29, 0.717) is 5.69 Å². The highest BCUT2D eigenvalue weighted by atomic mass is 19.3. The zero-order chi connectivity index (χ0) is 24.7. The van der Waals surface area contributed by atoms with Gasteiger partial charge in [-0.05, 0) is 38.0 Å². The van der Waals surface area contributed by atoms with Crippen molar-refractivity contribution in [1.29, 1.82) is 0 Å². The minimum absolute atomic E-state index is 0.0441. The highest BCUT2D eigenvalue weighted by molar-refractivity contribution is 5.84. The van der Waals surface area contributed by atoms with E-state index in [1.165, 1.54) is 29.2 Å². The number of aromatic amines is 2. The molecule has 35 heavy (non-hydrogen) atoms. The number of nitrogens with zero attached hydrogens (tertiary/aromatic N) is 5. The van der Waals surface area contributed by atoms with E-state index in [1.54, 1.807) is 13.1 Å². The van der Waals surface area contributed by atoms with Crippen molar-refractivity contribution in [3.05, 3.63) is 62.7 Å². The number of fused-ring (bicyclic) bond motifs is 1. The number of ether oxygens (including phenoxy) is 2. The SMILES string of the molecule is C[C@H](OC1CC1)c1cc([C@@H](Oc2nn(C)c3nnc(-c4c[nH]c(=O)[nH]c4=O)cc23)C(F)F)ccn1. The Bertz CT molecular complexity index is 1500. The molecule has 1 saturated carbocycles. The fourth-order valence-electron chi connectivity index (χ4n) is 3.65. The van der Waals surface area contributed by atoms with Crippen LogP contribution in [0.5, 0.6) is 5.88 Å². The summed E-state index contributed by atoms with van der Waals surface area (Å²) in [5.41, 5.74) is -0.187. The molecule has 2 N–H and O–H groups in total. The lowest BCUT2D eigenvalue weighted by molar-refractivity contribution is 0.00792. The van der Waals surface area contributed by atoms with Crippen LogP contribution >= 0.6 is 0 Å². The van der Waals surface area contributed by atoms with E-state index in [0.717, 1.165) is 12.8 Å². The third-order valence-electron chi connectivity index (χ3n) is 5.59. The molecule has 4 aromatic rings. The van der Waals surface area contributed by atoms with Gasteiger partial charge in [-0.2, -0.15) is 0 Å². The van der Waals surface area contributed by atoms with Crippen molar-refractivity contribution in [2.24, 2.45) is 7.05 Å². The second kappa shape index (κ2) is 8.98. The number of aromatic nitrogens is 7. The quantitative estimate of drug-likeness (QED) is 0.388. The predicted molar refractivity (Wildman–Crippen MR) is 119 cm³/mol. The Morgan fingerprint density at radius 2 is 2.00 bits per heavy atom. The summed E-state index contributed by atoms with van der Waals surface area (Å²) in [5.74, 6) is -0.106. The molecule has 5 rings (SSSR count). The van der Waals surface area contributed by atoms with Crippen LogP contribution in [0.1, 0.15) is 43.2 Å². The molecule has 11 nitrogen and oxygen atoms in total. The number of hydrogen-bond donors (Lipinski definition) is 2. The third-order valence-corrected chi connectivity index (χ3v) is 5.59. The van der Waals surface area contributed by atoms with E-state index in [9.17, 15) is 18.4 Å². The summed E-state index contributed by atoms with van der Waals surface area (Å²) in [4.78, 5) is 32.2. The van der Waals surface area contributed by atoms with Crippen molar-refractivity contribution in [2.75, 3.05) is 0 Å². The average molecular weight is 485 g/mol. The van der Waals surface area contributed by atoms with Gasteiger partial charge in [0.15, 0.2) is 11.8 Å². The minimum atomic E-state index is -2.88. The minimum Gasteiger partial charge on any atom is -0.462 e. The number of halogens is 2. The zero-order valence-corrected chi connectivity index (χ0v) is 18.7. The largest absolute Gasteiger partial charge is 0.462 e. The van der Waals surface area contributed by atoms with E-state index >= 15 is 0 Å². The summed E-state index contributed by atoms with van der Waals surface area (Å²) < 4.78 is 41.2. The second-order valence-electron chi connectivity index (χ2n) is 8.25.